The predicted octanol–water partition coefficient (Wildman–Crippen LogP) is -7.82. The highest BCUT2D eigenvalue weighted by molar-refractivity contribution is 4.92. The predicted molar refractivity (Wildman–Crippen MR) is 123 cm³/mol. The average Bonchev–Trinajstić information content (AvgIpc) is 2.89. The Bertz CT molecular complexity index is 681. The normalized spacial score (nSPS) is 39.6. The van der Waals surface area contributed by atoms with Crippen molar-refractivity contribution in [1.29, 1.82) is 0 Å². The van der Waals surface area contributed by atoms with E-state index in [4.69, 9.17) is 18.9 Å². The lowest BCUT2D eigenvalue weighted by molar-refractivity contribution is -0.333. The van der Waals surface area contributed by atoms with Gasteiger partial charge in [-0.1, -0.05) is 0 Å². The number of likely N-dealkylation sites (N-methyl/N-ethyl adjacent to an activating group) is 1. The molecule has 0 aromatic carbocycles. The van der Waals surface area contributed by atoms with Crippen LogP contribution in [0.3, 0.4) is 0 Å². The molecular formula is C21H42N2O15. The first-order valence-corrected chi connectivity index (χ1v) is 12.1. The fourth-order valence-electron chi connectivity index (χ4n) is 4.10. The number of hydrogen-bond acceptors (Lipinski definition) is 17. The average molecular weight is 563 g/mol. The van der Waals surface area contributed by atoms with Gasteiger partial charge in [-0.15, -0.1) is 0 Å². The van der Waals surface area contributed by atoms with Gasteiger partial charge in [-0.05, 0) is 14.1 Å². The number of aliphatic hydroxyl groups excluding tert-OH is 11. The maximum atomic E-state index is 10.3. The maximum absolute atomic E-state index is 10.3. The van der Waals surface area contributed by atoms with Crippen molar-refractivity contribution < 1.29 is 75.1 Å². The number of nitrogens with zero attached hydrogens (tertiary/aromatic N) is 1. The van der Waals surface area contributed by atoms with E-state index in [0.717, 1.165) is 0 Å². The van der Waals surface area contributed by atoms with Gasteiger partial charge in [-0.2, -0.15) is 0 Å². The standard InChI is InChI=1S/C21H42N2O15/c1-22-7-23(2)3-8(25)12(27)13(28)9(26)5-35-20-19(34)17(32)15(30)11(38-20)6-36-21-18(33)16(31)14(29)10(4-24)37-21/h8-22,24-34H,3-7H2,1-2H3/t8?,9?,10-,11?,12-,13-,14-,15-,16+,17+,18-,19-,20-,21-/m1/s1. The van der Waals surface area contributed by atoms with E-state index in [-0.39, 0.29) is 6.54 Å². The molecule has 0 radical (unpaired) electrons. The number of ether oxygens (including phenoxy) is 4. The fourth-order valence-corrected chi connectivity index (χ4v) is 4.10. The minimum atomic E-state index is -1.85. The summed E-state index contributed by atoms with van der Waals surface area (Å²) < 4.78 is 21.2. The van der Waals surface area contributed by atoms with Gasteiger partial charge in [0.05, 0.1) is 25.9 Å². The van der Waals surface area contributed by atoms with Crippen LogP contribution in [0.2, 0.25) is 0 Å². The monoisotopic (exact) mass is 562 g/mol. The fraction of sp³-hybridized carbons (Fsp3) is 1.00. The SMILES string of the molecule is CNCN(C)CC(O)[C@@H](O)[C@H](O)C(O)CO[C@@H]1OC(CO[C@@H]2O[C@H](CO)[C@@H](O)[C@H](O)[C@H]2O)[C@@H](O)[C@H](O)[C@H]1O. The second kappa shape index (κ2) is 15.4. The summed E-state index contributed by atoms with van der Waals surface area (Å²) in [5.41, 5.74) is 0. The van der Waals surface area contributed by atoms with Crippen LogP contribution in [0.25, 0.3) is 0 Å². The largest absolute Gasteiger partial charge is 0.394 e. The van der Waals surface area contributed by atoms with E-state index in [2.05, 4.69) is 5.32 Å². The molecule has 2 aliphatic rings. The molecule has 17 nitrogen and oxygen atoms in total. The molecule has 38 heavy (non-hydrogen) atoms. The minimum Gasteiger partial charge on any atom is -0.394 e. The van der Waals surface area contributed by atoms with Crippen molar-refractivity contribution in [2.45, 2.75) is 85.8 Å². The topological polar surface area (TPSA) is 275 Å². The quantitative estimate of drug-likeness (QED) is 0.0876. The van der Waals surface area contributed by atoms with Crippen molar-refractivity contribution in [3.63, 3.8) is 0 Å². The second-order valence-electron chi connectivity index (χ2n) is 9.54. The molecule has 0 spiro atoms. The van der Waals surface area contributed by atoms with E-state index in [9.17, 15) is 56.2 Å². The van der Waals surface area contributed by atoms with Crippen LogP contribution in [-0.2, 0) is 18.9 Å². The molecule has 226 valence electrons. The van der Waals surface area contributed by atoms with Crippen molar-refractivity contribution in [3.8, 4) is 0 Å². The van der Waals surface area contributed by atoms with Crippen LogP contribution in [0.15, 0.2) is 0 Å². The zero-order valence-electron chi connectivity index (χ0n) is 21.1. The van der Waals surface area contributed by atoms with E-state index in [1.54, 1.807) is 19.0 Å². The molecule has 12 N–H and O–H groups in total. The van der Waals surface area contributed by atoms with Crippen molar-refractivity contribution in [3.05, 3.63) is 0 Å². The summed E-state index contributed by atoms with van der Waals surface area (Å²) in [7, 11) is 3.33. The van der Waals surface area contributed by atoms with E-state index in [0.29, 0.717) is 6.67 Å². The molecule has 2 heterocycles. The molecule has 0 aromatic heterocycles. The van der Waals surface area contributed by atoms with Gasteiger partial charge in [0.2, 0.25) is 0 Å². The maximum Gasteiger partial charge on any atom is 0.186 e. The smallest absolute Gasteiger partial charge is 0.186 e. The van der Waals surface area contributed by atoms with Crippen molar-refractivity contribution >= 4 is 0 Å². The van der Waals surface area contributed by atoms with E-state index < -0.39 is 106 Å². The van der Waals surface area contributed by atoms with E-state index >= 15 is 0 Å². The molecule has 17 heteroatoms. The Balaban J connectivity index is 1.92. The Hall–Kier alpha value is -0.680. The summed E-state index contributed by atoms with van der Waals surface area (Å²) in [4.78, 5) is 1.62. The zero-order valence-corrected chi connectivity index (χ0v) is 21.1. The molecule has 2 rings (SSSR count). The van der Waals surface area contributed by atoms with Crippen LogP contribution in [0, 0.1) is 0 Å². The Morgan fingerprint density at radius 2 is 1.24 bits per heavy atom. The van der Waals surface area contributed by atoms with Gasteiger partial charge >= 0.3 is 0 Å². The Morgan fingerprint density at radius 3 is 1.79 bits per heavy atom. The molecule has 3 unspecified atom stereocenters. The molecule has 2 saturated heterocycles. The first-order chi connectivity index (χ1) is 17.8. The number of hydrogen-bond donors (Lipinski definition) is 12. The van der Waals surface area contributed by atoms with Gasteiger partial charge in [0.25, 0.3) is 0 Å². The Morgan fingerprint density at radius 1 is 0.737 bits per heavy atom. The lowest BCUT2D eigenvalue weighted by atomic mass is 9.98. The first kappa shape index (κ1) is 33.5. The third-order valence-electron chi connectivity index (χ3n) is 6.44. The molecule has 14 atom stereocenters. The molecule has 0 amide bonds. The van der Waals surface area contributed by atoms with Crippen LogP contribution in [0.5, 0.6) is 0 Å². The van der Waals surface area contributed by atoms with Crippen LogP contribution in [0.4, 0.5) is 0 Å². The summed E-state index contributed by atoms with van der Waals surface area (Å²) >= 11 is 0. The molecule has 0 saturated carbocycles. The molecule has 0 aromatic rings. The second-order valence-corrected chi connectivity index (χ2v) is 9.54. The summed E-state index contributed by atoms with van der Waals surface area (Å²) in [5.74, 6) is 0. The highest BCUT2D eigenvalue weighted by Crippen LogP contribution is 2.26. The zero-order chi connectivity index (χ0) is 28.7. The molecule has 2 aliphatic heterocycles. The third kappa shape index (κ3) is 8.41. The summed E-state index contributed by atoms with van der Waals surface area (Å²) in [5, 5.41) is 113. The summed E-state index contributed by atoms with van der Waals surface area (Å²) in [6.07, 6.45) is -23.0. The lowest BCUT2D eigenvalue weighted by Gasteiger charge is -2.42. The molecular weight excluding hydrogens is 520 g/mol. The Kier molecular flexibility index (Phi) is 13.5. The van der Waals surface area contributed by atoms with Crippen molar-refractivity contribution in [1.82, 2.24) is 10.2 Å². The third-order valence-corrected chi connectivity index (χ3v) is 6.44. The molecule has 0 aliphatic carbocycles. The molecule has 2 fully saturated rings. The molecule has 0 bridgehead atoms. The van der Waals surface area contributed by atoms with Gasteiger partial charge in [-0.3, -0.25) is 4.90 Å². The van der Waals surface area contributed by atoms with Gasteiger partial charge in [0.15, 0.2) is 12.6 Å². The van der Waals surface area contributed by atoms with E-state index in [1.165, 1.54) is 0 Å². The van der Waals surface area contributed by atoms with Gasteiger partial charge in [-0.25, -0.2) is 0 Å². The van der Waals surface area contributed by atoms with E-state index in [1.807, 2.05) is 0 Å². The number of aliphatic hydroxyl groups is 11. The highest BCUT2D eigenvalue weighted by Gasteiger charge is 2.47. The lowest BCUT2D eigenvalue weighted by Crippen LogP contribution is -2.62. The van der Waals surface area contributed by atoms with Crippen LogP contribution in [0.1, 0.15) is 0 Å². The highest BCUT2D eigenvalue weighted by atomic mass is 16.7. The first-order valence-electron chi connectivity index (χ1n) is 12.1. The Labute approximate surface area is 219 Å². The van der Waals surface area contributed by atoms with Gasteiger partial charge < -0.3 is 80.4 Å². The minimum absolute atomic E-state index is 0.0305. The van der Waals surface area contributed by atoms with Crippen LogP contribution >= 0.6 is 0 Å². The van der Waals surface area contributed by atoms with Crippen LogP contribution < -0.4 is 5.32 Å². The van der Waals surface area contributed by atoms with Crippen LogP contribution in [-0.4, -0.2) is 194 Å². The number of nitrogens with one attached hydrogen (secondary N) is 1. The summed E-state index contributed by atoms with van der Waals surface area (Å²) in [6, 6.07) is 0. The number of rotatable bonds is 14. The van der Waals surface area contributed by atoms with Gasteiger partial charge in [0, 0.05) is 13.2 Å². The van der Waals surface area contributed by atoms with Gasteiger partial charge in [0.1, 0.15) is 67.1 Å². The summed E-state index contributed by atoms with van der Waals surface area (Å²) in [6.45, 7) is -1.64. The van der Waals surface area contributed by atoms with Crippen molar-refractivity contribution in [2.24, 2.45) is 0 Å². The van der Waals surface area contributed by atoms with Crippen molar-refractivity contribution in [2.75, 3.05) is 47.1 Å².